The highest BCUT2D eigenvalue weighted by Crippen LogP contribution is 2.80. The molecule has 6 fully saturated rings. The van der Waals surface area contributed by atoms with E-state index in [0.29, 0.717) is 12.2 Å². The zero-order chi connectivity index (χ0) is 29.1. The van der Waals surface area contributed by atoms with Crippen molar-refractivity contribution >= 4 is 5.97 Å². The molecule has 0 radical (unpaired) electrons. The summed E-state index contributed by atoms with van der Waals surface area (Å²) in [5.74, 6) is -2.30. The summed E-state index contributed by atoms with van der Waals surface area (Å²) >= 11 is 0. The minimum Gasteiger partial charge on any atom is -0.455 e. The molecule has 1 aromatic rings. The number of carbonyl (C=O) groups is 1. The van der Waals surface area contributed by atoms with Crippen LogP contribution in [0, 0.1) is 34.5 Å². The Morgan fingerprint density at radius 3 is 2.39 bits per heavy atom. The average molecular weight is 574 g/mol. The monoisotopic (exact) mass is 573 g/mol. The zero-order valence-electron chi connectivity index (χ0n) is 24.4. The molecule has 10 heteroatoms. The minimum atomic E-state index is -1.76. The van der Waals surface area contributed by atoms with Gasteiger partial charge in [0.2, 0.25) is 0 Å². The number of rotatable bonds is 7. The Labute approximate surface area is 240 Å². The number of benzene rings is 1. The van der Waals surface area contributed by atoms with Gasteiger partial charge in [-0.1, -0.05) is 18.2 Å². The lowest BCUT2D eigenvalue weighted by atomic mass is 9.43. The van der Waals surface area contributed by atoms with Gasteiger partial charge in [0.05, 0.1) is 24.4 Å². The second-order valence-corrected chi connectivity index (χ2v) is 13.6. The first kappa shape index (κ1) is 28.2. The van der Waals surface area contributed by atoms with Crippen molar-refractivity contribution in [3.63, 3.8) is 0 Å². The van der Waals surface area contributed by atoms with Crippen LogP contribution in [0.15, 0.2) is 30.3 Å². The van der Waals surface area contributed by atoms with E-state index in [9.17, 15) is 20.1 Å². The number of esters is 1. The van der Waals surface area contributed by atoms with Gasteiger partial charge in [-0.05, 0) is 44.4 Å². The molecule has 5 saturated carbocycles. The molecule has 0 amide bonds. The topological polar surface area (TPSA) is 127 Å². The van der Waals surface area contributed by atoms with Gasteiger partial charge in [0.15, 0.2) is 0 Å². The number of aliphatic hydroxyl groups excluding tert-OH is 1. The first-order valence-corrected chi connectivity index (χ1v) is 14.8. The Bertz CT molecular complexity index is 1200. The van der Waals surface area contributed by atoms with Gasteiger partial charge in [-0.3, -0.25) is 0 Å². The summed E-state index contributed by atoms with van der Waals surface area (Å²) < 4.78 is 30.6. The van der Waals surface area contributed by atoms with Crippen LogP contribution in [0.1, 0.15) is 29.6 Å². The van der Waals surface area contributed by atoms with Gasteiger partial charge in [0.25, 0.3) is 0 Å². The van der Waals surface area contributed by atoms with E-state index in [2.05, 4.69) is 11.9 Å². The molecule has 226 valence electrons. The quantitative estimate of drug-likeness (QED) is 0.402. The molecular weight excluding hydrogens is 530 g/mol. The average Bonchev–Trinajstić information content (AvgIpc) is 3.36. The number of methoxy groups -OCH3 is 4. The first-order valence-electron chi connectivity index (χ1n) is 14.8. The van der Waals surface area contributed by atoms with Gasteiger partial charge in [-0.15, -0.1) is 0 Å². The van der Waals surface area contributed by atoms with Crippen LogP contribution in [0.5, 0.6) is 0 Å². The summed E-state index contributed by atoms with van der Waals surface area (Å²) in [7, 11) is 8.65. The van der Waals surface area contributed by atoms with E-state index in [1.807, 2.05) is 6.07 Å². The number of carbonyl (C=O) groups excluding carboxylic acids is 1. The van der Waals surface area contributed by atoms with Crippen molar-refractivity contribution in [2.45, 2.75) is 67.0 Å². The number of likely N-dealkylation sites (tertiary alicyclic amines) is 1. The maximum atomic E-state index is 13.5. The summed E-state index contributed by atoms with van der Waals surface area (Å²) in [4.78, 5) is 15.8. The van der Waals surface area contributed by atoms with Crippen molar-refractivity contribution in [1.82, 2.24) is 4.90 Å². The van der Waals surface area contributed by atoms with Crippen molar-refractivity contribution in [2.24, 2.45) is 34.5 Å². The molecule has 0 unspecified atom stereocenters. The van der Waals surface area contributed by atoms with Crippen LogP contribution in [0.2, 0.25) is 0 Å². The van der Waals surface area contributed by atoms with E-state index in [1.165, 1.54) is 7.11 Å². The highest BCUT2D eigenvalue weighted by molar-refractivity contribution is 5.89. The molecule has 1 heterocycles. The zero-order valence-corrected chi connectivity index (χ0v) is 24.4. The third-order valence-electron chi connectivity index (χ3n) is 12.5. The predicted octanol–water partition coefficient (Wildman–Crippen LogP) is 0.716. The lowest BCUT2D eigenvalue weighted by molar-refractivity contribution is -0.313. The van der Waals surface area contributed by atoms with Crippen LogP contribution >= 0.6 is 0 Å². The normalized spacial score (nSPS) is 52.9. The smallest absolute Gasteiger partial charge is 0.338 e. The number of piperidine rings is 1. The molecule has 10 nitrogen and oxygen atoms in total. The van der Waals surface area contributed by atoms with Gasteiger partial charge in [-0.25, -0.2) is 4.79 Å². The lowest BCUT2D eigenvalue weighted by Crippen LogP contribution is -2.79. The summed E-state index contributed by atoms with van der Waals surface area (Å²) in [5, 5.41) is 37.6. The number of aliphatic hydroxyl groups is 3. The Morgan fingerprint density at radius 2 is 1.76 bits per heavy atom. The fourth-order valence-corrected chi connectivity index (χ4v) is 11.8. The third-order valence-corrected chi connectivity index (χ3v) is 12.5. The molecule has 0 aromatic heterocycles. The molecule has 41 heavy (non-hydrogen) atoms. The molecule has 1 aliphatic heterocycles. The van der Waals surface area contributed by atoms with E-state index in [0.717, 1.165) is 19.4 Å². The Balaban J connectivity index is 1.46. The highest BCUT2D eigenvalue weighted by atomic mass is 16.6. The molecule has 14 atom stereocenters. The van der Waals surface area contributed by atoms with Crippen LogP contribution < -0.4 is 0 Å². The van der Waals surface area contributed by atoms with Gasteiger partial charge in [0, 0.05) is 69.6 Å². The fraction of sp³-hybridized carbons (Fsp3) is 0.774. The fourth-order valence-electron chi connectivity index (χ4n) is 11.8. The number of nitrogens with zero attached hydrogens (tertiary/aromatic N) is 1. The minimum absolute atomic E-state index is 0.0644. The number of ether oxygens (including phenoxy) is 5. The van der Waals surface area contributed by atoms with E-state index in [1.54, 1.807) is 45.6 Å². The summed E-state index contributed by atoms with van der Waals surface area (Å²) in [5.41, 5.74) is -3.95. The predicted molar refractivity (Wildman–Crippen MR) is 145 cm³/mol. The maximum Gasteiger partial charge on any atom is 0.338 e. The number of hydrogen-bond acceptors (Lipinski definition) is 10. The molecular formula is C31H43NO9. The second-order valence-electron chi connectivity index (χ2n) is 13.6. The Kier molecular flexibility index (Phi) is 6.31. The van der Waals surface area contributed by atoms with Crippen molar-refractivity contribution in [3.05, 3.63) is 35.9 Å². The summed E-state index contributed by atoms with van der Waals surface area (Å²) in [6, 6.07) is 8.46. The summed E-state index contributed by atoms with van der Waals surface area (Å²) in [6.45, 7) is 1.29. The molecule has 7 rings (SSSR count). The third kappa shape index (κ3) is 3.08. The standard InChI is InChI=1S/C31H43NO9/c1-32-14-28(15-37-2)12-11-18(38-3)30-17-13-29(35)25(41-27(34)16-9-7-6-8-10-16)19(17)31(36,24(33)26(29)40-5)20(23(30)32)21(39-4)22(28)30/h6-10,17-26,33,35-36H,11-15H2,1-5H3/t17-,18+,19-,20+,21+,22-,23+,24+,25-,26+,28+,29-,30+,31-/m1/s1. The molecule has 1 spiro atoms. The van der Waals surface area contributed by atoms with Crippen LogP contribution in [-0.2, 0) is 23.7 Å². The molecule has 1 saturated heterocycles. The van der Waals surface area contributed by atoms with Crippen LogP contribution in [0.3, 0.4) is 0 Å². The van der Waals surface area contributed by atoms with Crippen molar-refractivity contribution < 1.29 is 43.8 Å². The number of hydrogen-bond donors (Lipinski definition) is 3. The van der Waals surface area contributed by atoms with Crippen molar-refractivity contribution in [2.75, 3.05) is 48.6 Å². The molecule has 1 aromatic carbocycles. The van der Waals surface area contributed by atoms with Gasteiger partial charge in [-0.2, -0.15) is 0 Å². The van der Waals surface area contributed by atoms with Gasteiger partial charge in [0.1, 0.15) is 29.5 Å². The summed E-state index contributed by atoms with van der Waals surface area (Å²) in [6.07, 6.45) is -2.45. The molecule has 7 bridgehead atoms. The maximum absolute atomic E-state index is 13.5. The SMILES string of the molecule is COC[C@@]12CC[C@H](OC)[C@@]34[C@@H]5C[C@@]6(O)[C@H](OC(=O)c7ccccc7)[C@@H]5[C@@](O)([C@@H]([C@H](OC)[C@H]13)[C@@H]4N(C)C2)[C@@H](O)[C@@H]6OC. The van der Waals surface area contributed by atoms with E-state index in [4.69, 9.17) is 23.7 Å². The Morgan fingerprint density at radius 1 is 1.02 bits per heavy atom. The largest absolute Gasteiger partial charge is 0.455 e. The van der Waals surface area contributed by atoms with Crippen molar-refractivity contribution in [1.29, 1.82) is 0 Å². The highest BCUT2D eigenvalue weighted by Gasteiger charge is 2.90. The van der Waals surface area contributed by atoms with E-state index < -0.39 is 58.8 Å². The van der Waals surface area contributed by atoms with Crippen molar-refractivity contribution in [3.8, 4) is 0 Å². The lowest BCUT2D eigenvalue weighted by Gasteiger charge is -2.69. The molecule has 5 aliphatic carbocycles. The first-order chi connectivity index (χ1) is 19.6. The van der Waals surface area contributed by atoms with Crippen LogP contribution in [0.4, 0.5) is 0 Å². The Hall–Kier alpha value is -1.63. The van der Waals surface area contributed by atoms with Gasteiger partial charge < -0.3 is 43.9 Å². The van der Waals surface area contributed by atoms with Gasteiger partial charge >= 0.3 is 5.97 Å². The van der Waals surface area contributed by atoms with Crippen LogP contribution in [-0.4, -0.2) is 123 Å². The second kappa shape index (κ2) is 9.19. The molecule has 6 aliphatic rings. The van der Waals surface area contributed by atoms with E-state index >= 15 is 0 Å². The van der Waals surface area contributed by atoms with Crippen LogP contribution in [0.25, 0.3) is 0 Å². The molecule has 3 N–H and O–H groups in total. The van der Waals surface area contributed by atoms with E-state index in [-0.39, 0.29) is 35.8 Å². The number of fused-ring (bicyclic) bond motifs is 2.